The predicted octanol–water partition coefficient (Wildman–Crippen LogP) is 6.41. The highest BCUT2D eigenvalue weighted by molar-refractivity contribution is 5.67. The molecule has 0 aromatic carbocycles. The van der Waals surface area contributed by atoms with E-state index in [0.717, 1.165) is 60.8 Å². The van der Waals surface area contributed by atoms with E-state index in [2.05, 4.69) is 89.1 Å². The van der Waals surface area contributed by atoms with Gasteiger partial charge < -0.3 is 41.0 Å². The Labute approximate surface area is 303 Å². The average molecular weight is 703 g/mol. The molecule has 6 unspecified atom stereocenters. The summed E-state index contributed by atoms with van der Waals surface area (Å²) in [5.41, 5.74) is 3.87. The van der Waals surface area contributed by atoms with Crippen LogP contribution in [0.15, 0.2) is 48.6 Å². The second kappa shape index (κ2) is 18.7. The monoisotopic (exact) mass is 703 g/mol. The number of nitrogens with one attached hydrogen (secondary N) is 4. The van der Waals surface area contributed by atoms with Crippen LogP contribution in [0.4, 0.5) is 9.59 Å². The van der Waals surface area contributed by atoms with Crippen molar-refractivity contribution >= 4 is 12.2 Å². The molecule has 10 nitrogen and oxygen atoms in total. The fourth-order valence-electron chi connectivity index (χ4n) is 8.35. The van der Waals surface area contributed by atoms with Gasteiger partial charge in [0.2, 0.25) is 0 Å². The van der Waals surface area contributed by atoms with E-state index in [9.17, 15) is 19.8 Å². The number of aliphatic hydroxyl groups is 2. The van der Waals surface area contributed by atoms with Gasteiger partial charge in [0.1, 0.15) is 6.61 Å². The van der Waals surface area contributed by atoms with Gasteiger partial charge in [-0.05, 0) is 91.6 Å². The third-order valence-electron chi connectivity index (χ3n) is 10.3. The summed E-state index contributed by atoms with van der Waals surface area (Å²) in [6.07, 6.45) is 3.72. The molecule has 286 valence electrons. The zero-order valence-electron chi connectivity index (χ0n) is 32.6. The summed E-state index contributed by atoms with van der Waals surface area (Å²) in [4.78, 5) is 25.3. The zero-order valence-corrected chi connectivity index (χ0v) is 32.6. The zero-order chi connectivity index (χ0) is 37.9. The minimum Gasteiger partial charge on any atom is -0.449 e. The molecule has 50 heavy (non-hydrogen) atoms. The molecule has 0 aliphatic heterocycles. The molecule has 2 rings (SSSR count). The summed E-state index contributed by atoms with van der Waals surface area (Å²) < 4.78 is 10.8. The molecule has 2 saturated carbocycles. The minimum atomic E-state index is -1.02. The second-order valence-electron chi connectivity index (χ2n) is 17.9. The fraction of sp³-hybridized carbons (Fsp3) is 0.750. The van der Waals surface area contributed by atoms with Gasteiger partial charge in [-0.25, -0.2) is 9.59 Å². The van der Waals surface area contributed by atoms with Crippen molar-refractivity contribution in [3.05, 3.63) is 48.6 Å². The SMILES string of the molecule is C=C(C)C(=C)CNC1CC(C)(C)CC(C)(CNC(=O)OCC(O)CC(CO)COC(=O)NCC2(C)CC(NCC(=C)C(=C)C)CC(C)(C)C2)C1. The highest BCUT2D eigenvalue weighted by atomic mass is 16.6. The van der Waals surface area contributed by atoms with E-state index in [0.29, 0.717) is 26.2 Å². The third-order valence-corrected chi connectivity index (χ3v) is 10.3. The normalized spacial score (nSPS) is 26.9. The molecule has 0 aromatic rings. The maximum Gasteiger partial charge on any atom is 0.407 e. The molecule has 0 radical (unpaired) electrons. The Morgan fingerprint density at radius 1 is 0.720 bits per heavy atom. The van der Waals surface area contributed by atoms with E-state index >= 15 is 0 Å². The van der Waals surface area contributed by atoms with Crippen LogP contribution in [0.25, 0.3) is 0 Å². The number of hydrogen-bond acceptors (Lipinski definition) is 8. The van der Waals surface area contributed by atoms with Crippen LogP contribution in [0.3, 0.4) is 0 Å². The van der Waals surface area contributed by atoms with Gasteiger partial charge in [0.25, 0.3) is 0 Å². The molecule has 2 amide bonds. The Morgan fingerprint density at radius 3 is 1.50 bits per heavy atom. The van der Waals surface area contributed by atoms with Crippen molar-refractivity contribution in [2.24, 2.45) is 27.6 Å². The lowest BCUT2D eigenvalue weighted by Gasteiger charge is -2.47. The molecule has 2 fully saturated rings. The molecule has 0 spiro atoms. The van der Waals surface area contributed by atoms with Crippen LogP contribution >= 0.6 is 0 Å². The highest BCUT2D eigenvalue weighted by Crippen LogP contribution is 2.47. The Hall–Kier alpha value is -2.66. The fourth-order valence-corrected chi connectivity index (χ4v) is 8.35. The Morgan fingerprint density at radius 2 is 1.12 bits per heavy atom. The molecule has 0 bridgehead atoms. The topological polar surface area (TPSA) is 141 Å². The summed E-state index contributed by atoms with van der Waals surface area (Å²) in [5, 5.41) is 33.5. The standard InChI is InChI=1S/C40H70N4O6/c1-27(2)29(5)18-41-32-14-37(7,8)23-39(11,16-32)25-43-35(47)49-21-31(20-45)13-34(46)22-50-36(48)44-26-40(12)17-33(15-38(9,10)24-40)42-19-30(6)28(3)4/h31-34,41-42,45-46H,1,3,5-6,13-26H2,2,4,7-12H3,(H,43,47)(H,44,48). The van der Waals surface area contributed by atoms with Crippen LogP contribution in [0, 0.1) is 27.6 Å². The van der Waals surface area contributed by atoms with Crippen LogP contribution in [-0.4, -0.2) is 86.6 Å². The van der Waals surface area contributed by atoms with Crippen molar-refractivity contribution < 1.29 is 29.3 Å². The van der Waals surface area contributed by atoms with Crippen LogP contribution in [0.1, 0.15) is 100 Å². The number of carbonyl (C=O) groups is 2. The van der Waals surface area contributed by atoms with Gasteiger partial charge in [0.15, 0.2) is 0 Å². The van der Waals surface area contributed by atoms with Gasteiger partial charge in [-0.2, -0.15) is 0 Å². The number of carbonyl (C=O) groups excluding carboxylic acids is 2. The van der Waals surface area contributed by atoms with Crippen LogP contribution in [0.2, 0.25) is 0 Å². The van der Waals surface area contributed by atoms with Crippen molar-refractivity contribution in [3.63, 3.8) is 0 Å². The molecule has 10 heteroatoms. The van der Waals surface area contributed by atoms with Gasteiger partial charge in [-0.1, -0.05) is 79.0 Å². The number of ether oxygens (including phenoxy) is 2. The maximum atomic E-state index is 12.7. The Balaban J connectivity index is 1.75. The first-order valence-corrected chi connectivity index (χ1v) is 18.3. The summed E-state index contributed by atoms with van der Waals surface area (Å²) in [5.74, 6) is -0.504. The van der Waals surface area contributed by atoms with Gasteiger partial charge in [0.05, 0.1) is 12.7 Å². The minimum absolute atomic E-state index is 0.0654. The lowest BCUT2D eigenvalue weighted by molar-refractivity contribution is 0.0265. The molecule has 0 aromatic heterocycles. The van der Waals surface area contributed by atoms with Crippen LogP contribution in [-0.2, 0) is 9.47 Å². The summed E-state index contributed by atoms with van der Waals surface area (Å²) >= 11 is 0. The number of rotatable bonds is 19. The van der Waals surface area contributed by atoms with E-state index in [4.69, 9.17) is 9.47 Å². The van der Waals surface area contributed by atoms with Crippen LogP contribution in [0.5, 0.6) is 0 Å². The van der Waals surface area contributed by atoms with E-state index < -0.39 is 24.2 Å². The van der Waals surface area contributed by atoms with Crippen molar-refractivity contribution in [1.82, 2.24) is 21.3 Å². The Kier molecular flexibility index (Phi) is 16.3. The average Bonchev–Trinajstić information content (AvgIpc) is 2.99. The van der Waals surface area contributed by atoms with E-state index in [1.54, 1.807) is 0 Å². The van der Waals surface area contributed by atoms with E-state index in [1.165, 1.54) is 0 Å². The second-order valence-corrected chi connectivity index (χ2v) is 17.9. The summed E-state index contributed by atoms with van der Waals surface area (Å²) in [6, 6.07) is 0.576. The van der Waals surface area contributed by atoms with E-state index in [-0.39, 0.29) is 60.0 Å². The molecule has 0 saturated heterocycles. The Bertz CT molecular complexity index is 1210. The summed E-state index contributed by atoms with van der Waals surface area (Å²) in [7, 11) is 0. The lowest BCUT2D eigenvalue weighted by atomic mass is 9.62. The molecular weight excluding hydrogens is 632 g/mol. The molecular formula is C40H70N4O6. The number of amides is 2. The largest absolute Gasteiger partial charge is 0.449 e. The smallest absolute Gasteiger partial charge is 0.407 e. The van der Waals surface area contributed by atoms with Gasteiger partial charge >= 0.3 is 12.2 Å². The molecule has 2 aliphatic rings. The van der Waals surface area contributed by atoms with Gasteiger partial charge in [0, 0.05) is 50.8 Å². The van der Waals surface area contributed by atoms with Gasteiger partial charge in [-0.3, -0.25) is 0 Å². The molecule has 2 aliphatic carbocycles. The van der Waals surface area contributed by atoms with Crippen molar-refractivity contribution in [3.8, 4) is 0 Å². The molecule has 6 N–H and O–H groups in total. The van der Waals surface area contributed by atoms with Gasteiger partial charge in [-0.15, -0.1) is 0 Å². The number of hydrogen-bond donors (Lipinski definition) is 6. The highest BCUT2D eigenvalue weighted by Gasteiger charge is 2.42. The molecule has 6 atom stereocenters. The summed E-state index contributed by atoms with van der Waals surface area (Å²) in [6.45, 7) is 35.1. The lowest BCUT2D eigenvalue weighted by Crippen LogP contribution is -2.49. The number of aliphatic hydroxyl groups excluding tert-OH is 2. The maximum absolute atomic E-state index is 12.7. The van der Waals surface area contributed by atoms with Crippen molar-refractivity contribution in [1.29, 1.82) is 0 Å². The van der Waals surface area contributed by atoms with Crippen LogP contribution < -0.4 is 21.3 Å². The predicted molar refractivity (Wildman–Crippen MR) is 203 cm³/mol. The van der Waals surface area contributed by atoms with Crippen molar-refractivity contribution in [2.75, 3.05) is 46.0 Å². The first kappa shape index (κ1) is 43.5. The first-order valence-electron chi connectivity index (χ1n) is 18.3. The molecule has 0 heterocycles. The quantitative estimate of drug-likeness (QED) is 0.0849. The van der Waals surface area contributed by atoms with Crippen molar-refractivity contribution in [2.45, 2.75) is 119 Å². The third kappa shape index (κ3) is 15.7. The number of alkyl carbamates (subject to hydrolysis) is 2. The van der Waals surface area contributed by atoms with E-state index in [1.807, 2.05) is 13.8 Å². The first-order chi connectivity index (χ1) is 23.0.